The molecule has 0 radical (unpaired) electrons. The van der Waals surface area contributed by atoms with E-state index in [1.54, 1.807) is 24.3 Å². The van der Waals surface area contributed by atoms with Crippen molar-refractivity contribution >= 4 is 29.0 Å². The van der Waals surface area contributed by atoms with Crippen molar-refractivity contribution in [3.63, 3.8) is 0 Å². The minimum atomic E-state index is -0.247. The molecule has 0 saturated heterocycles. The molecule has 0 heterocycles. The van der Waals surface area contributed by atoms with Crippen LogP contribution in [-0.4, -0.2) is 12.6 Å². The minimum Gasteiger partial charge on any atom is -0.399 e. The van der Waals surface area contributed by atoms with E-state index in [0.29, 0.717) is 17.3 Å². The summed E-state index contributed by atoms with van der Waals surface area (Å²) in [5.74, 6) is 0. The van der Waals surface area contributed by atoms with Crippen LogP contribution in [0.5, 0.6) is 0 Å². The van der Waals surface area contributed by atoms with Crippen molar-refractivity contribution in [1.82, 2.24) is 5.32 Å². The van der Waals surface area contributed by atoms with Crippen LogP contribution in [0.15, 0.2) is 48.5 Å². The first-order valence-electron chi connectivity index (χ1n) is 6.28. The number of nitrogens with one attached hydrogen (secondary N) is 2. The van der Waals surface area contributed by atoms with Gasteiger partial charge in [-0.15, -0.1) is 0 Å². The molecule has 0 aliphatic heterocycles. The lowest BCUT2D eigenvalue weighted by Crippen LogP contribution is -2.30. The monoisotopic (exact) mass is 289 g/mol. The summed E-state index contributed by atoms with van der Waals surface area (Å²) in [6.45, 7) is 0.552. The number of anilines is 2. The van der Waals surface area contributed by atoms with Crippen molar-refractivity contribution in [3.05, 3.63) is 59.1 Å². The molecule has 2 amide bonds. The Labute approximate surface area is 122 Å². The summed E-state index contributed by atoms with van der Waals surface area (Å²) in [6.07, 6.45) is 0.753. The highest BCUT2D eigenvalue weighted by atomic mass is 35.5. The minimum absolute atomic E-state index is 0.247. The molecule has 0 atom stereocenters. The van der Waals surface area contributed by atoms with Gasteiger partial charge in [0.05, 0.1) is 0 Å². The quantitative estimate of drug-likeness (QED) is 0.756. The Morgan fingerprint density at radius 2 is 1.90 bits per heavy atom. The lowest BCUT2D eigenvalue weighted by Gasteiger charge is -2.08. The molecule has 0 aliphatic carbocycles. The molecular formula is C15H16ClN3O. The van der Waals surface area contributed by atoms with Gasteiger partial charge in [0.1, 0.15) is 0 Å². The number of carbonyl (C=O) groups is 1. The van der Waals surface area contributed by atoms with E-state index in [0.717, 1.165) is 17.7 Å². The zero-order valence-electron chi connectivity index (χ0n) is 10.9. The maximum Gasteiger partial charge on any atom is 0.319 e. The van der Waals surface area contributed by atoms with E-state index in [1.807, 2.05) is 24.3 Å². The second-order valence-electron chi connectivity index (χ2n) is 4.38. The number of hydrogen-bond donors (Lipinski definition) is 3. The van der Waals surface area contributed by atoms with E-state index in [4.69, 9.17) is 17.3 Å². The van der Waals surface area contributed by atoms with Crippen molar-refractivity contribution < 1.29 is 4.79 Å². The highest BCUT2D eigenvalue weighted by Crippen LogP contribution is 2.14. The van der Waals surface area contributed by atoms with Gasteiger partial charge in [0.25, 0.3) is 0 Å². The van der Waals surface area contributed by atoms with Crippen molar-refractivity contribution in [2.24, 2.45) is 0 Å². The van der Waals surface area contributed by atoms with E-state index in [9.17, 15) is 4.79 Å². The van der Waals surface area contributed by atoms with Crippen LogP contribution < -0.4 is 16.4 Å². The molecule has 2 aromatic rings. The van der Waals surface area contributed by atoms with E-state index < -0.39 is 0 Å². The first kappa shape index (κ1) is 14.2. The highest BCUT2D eigenvalue weighted by Gasteiger charge is 2.01. The highest BCUT2D eigenvalue weighted by molar-refractivity contribution is 6.30. The molecule has 0 bridgehead atoms. The number of nitrogen functional groups attached to an aromatic ring is 1. The summed E-state index contributed by atoms with van der Waals surface area (Å²) < 4.78 is 0. The fourth-order valence-corrected chi connectivity index (χ4v) is 1.94. The van der Waals surface area contributed by atoms with Crippen molar-refractivity contribution in [3.8, 4) is 0 Å². The van der Waals surface area contributed by atoms with Gasteiger partial charge in [0.15, 0.2) is 0 Å². The third kappa shape index (κ3) is 4.48. The Bertz CT molecular complexity index is 584. The van der Waals surface area contributed by atoms with Gasteiger partial charge in [-0.3, -0.25) is 0 Å². The van der Waals surface area contributed by atoms with Gasteiger partial charge in [-0.05, 0) is 42.3 Å². The Kier molecular flexibility index (Phi) is 4.85. The molecule has 0 spiro atoms. The topological polar surface area (TPSA) is 67.1 Å². The average Bonchev–Trinajstić information content (AvgIpc) is 2.41. The van der Waals surface area contributed by atoms with Crippen LogP contribution in [0, 0.1) is 0 Å². The normalized spacial score (nSPS) is 10.1. The van der Waals surface area contributed by atoms with Gasteiger partial charge in [-0.1, -0.05) is 29.8 Å². The average molecular weight is 290 g/mol. The van der Waals surface area contributed by atoms with Crippen LogP contribution in [0.3, 0.4) is 0 Å². The molecular weight excluding hydrogens is 274 g/mol. The lowest BCUT2D eigenvalue weighted by atomic mass is 10.1. The molecule has 0 aliphatic rings. The molecule has 2 aromatic carbocycles. The number of nitrogens with two attached hydrogens (primary N) is 1. The summed E-state index contributed by atoms with van der Waals surface area (Å²) in [4.78, 5) is 11.7. The van der Waals surface area contributed by atoms with Crippen molar-refractivity contribution in [2.75, 3.05) is 17.6 Å². The number of benzene rings is 2. The van der Waals surface area contributed by atoms with Crippen LogP contribution in [0.1, 0.15) is 5.56 Å². The van der Waals surface area contributed by atoms with Crippen LogP contribution in [0.25, 0.3) is 0 Å². The lowest BCUT2D eigenvalue weighted by molar-refractivity contribution is 0.252. The molecule has 0 saturated carbocycles. The number of carbonyl (C=O) groups excluding carboxylic acids is 1. The maximum atomic E-state index is 11.7. The number of rotatable bonds is 4. The summed E-state index contributed by atoms with van der Waals surface area (Å²) >= 11 is 5.84. The smallest absolute Gasteiger partial charge is 0.319 e. The Morgan fingerprint density at radius 1 is 1.15 bits per heavy atom. The third-order valence-electron chi connectivity index (χ3n) is 2.76. The molecule has 4 nitrogen and oxygen atoms in total. The molecule has 20 heavy (non-hydrogen) atoms. The van der Waals surface area contributed by atoms with E-state index >= 15 is 0 Å². The Morgan fingerprint density at radius 3 is 2.60 bits per heavy atom. The largest absolute Gasteiger partial charge is 0.399 e. The molecule has 104 valence electrons. The summed E-state index contributed by atoms with van der Waals surface area (Å²) in [7, 11) is 0. The van der Waals surface area contributed by atoms with Crippen LogP contribution in [0.2, 0.25) is 5.02 Å². The Hall–Kier alpha value is -2.20. The molecule has 2 rings (SSSR count). The molecule has 0 fully saturated rings. The number of hydrogen-bond acceptors (Lipinski definition) is 2. The van der Waals surface area contributed by atoms with Gasteiger partial charge in [-0.2, -0.15) is 0 Å². The van der Waals surface area contributed by atoms with Crippen LogP contribution >= 0.6 is 11.6 Å². The second kappa shape index (κ2) is 6.82. The fraction of sp³-hybridized carbons (Fsp3) is 0.133. The van der Waals surface area contributed by atoms with Gasteiger partial charge in [0.2, 0.25) is 0 Å². The van der Waals surface area contributed by atoms with Gasteiger partial charge in [0, 0.05) is 22.9 Å². The molecule has 0 aromatic heterocycles. The SMILES string of the molecule is Nc1ccc(CCNC(=O)Nc2cccc(Cl)c2)cc1. The first-order valence-corrected chi connectivity index (χ1v) is 6.66. The second-order valence-corrected chi connectivity index (χ2v) is 4.82. The van der Waals surface area contributed by atoms with E-state index in [1.165, 1.54) is 0 Å². The maximum absolute atomic E-state index is 11.7. The number of halogens is 1. The zero-order chi connectivity index (χ0) is 14.4. The third-order valence-corrected chi connectivity index (χ3v) is 3.00. The van der Waals surface area contributed by atoms with Gasteiger partial charge >= 0.3 is 6.03 Å². The number of amides is 2. The van der Waals surface area contributed by atoms with Crippen LogP contribution in [-0.2, 0) is 6.42 Å². The van der Waals surface area contributed by atoms with Gasteiger partial charge < -0.3 is 16.4 Å². The number of urea groups is 1. The summed E-state index contributed by atoms with van der Waals surface area (Å²) in [5, 5.41) is 6.10. The summed E-state index contributed by atoms with van der Waals surface area (Å²) in [6, 6.07) is 14.4. The molecule has 4 N–H and O–H groups in total. The standard InChI is InChI=1S/C15H16ClN3O/c16-12-2-1-3-14(10-12)19-15(20)18-9-8-11-4-6-13(17)7-5-11/h1-7,10H,8-9,17H2,(H2,18,19,20). The van der Waals surface area contributed by atoms with E-state index in [-0.39, 0.29) is 6.03 Å². The predicted molar refractivity (Wildman–Crippen MR) is 83.0 cm³/mol. The molecule has 5 heteroatoms. The van der Waals surface area contributed by atoms with E-state index in [2.05, 4.69) is 10.6 Å². The van der Waals surface area contributed by atoms with Crippen LogP contribution in [0.4, 0.5) is 16.2 Å². The summed E-state index contributed by atoms with van der Waals surface area (Å²) in [5.41, 5.74) is 8.14. The molecule has 0 unspecified atom stereocenters. The first-order chi connectivity index (χ1) is 9.63. The van der Waals surface area contributed by atoms with Crippen molar-refractivity contribution in [2.45, 2.75) is 6.42 Å². The zero-order valence-corrected chi connectivity index (χ0v) is 11.7. The predicted octanol–water partition coefficient (Wildman–Crippen LogP) is 3.29. The van der Waals surface area contributed by atoms with Gasteiger partial charge in [-0.25, -0.2) is 4.79 Å². The fourth-order valence-electron chi connectivity index (χ4n) is 1.75. The van der Waals surface area contributed by atoms with Crippen molar-refractivity contribution in [1.29, 1.82) is 0 Å². The Balaban J connectivity index is 1.76.